The zero-order chi connectivity index (χ0) is 33.3. The number of nitriles is 1. The van der Waals surface area contributed by atoms with Crippen molar-refractivity contribution in [1.29, 1.82) is 5.26 Å². The lowest BCUT2D eigenvalue weighted by Gasteiger charge is -2.36. The number of benzene rings is 2. The van der Waals surface area contributed by atoms with E-state index in [-0.39, 0.29) is 46.9 Å². The molecule has 15 heteroatoms. The van der Waals surface area contributed by atoms with Crippen molar-refractivity contribution in [3.8, 4) is 6.07 Å². The summed E-state index contributed by atoms with van der Waals surface area (Å²) >= 11 is 0. The monoisotopic (exact) mass is 623 g/mol. The Morgan fingerprint density at radius 1 is 0.911 bits per heavy atom. The fraction of sp³-hybridized carbons (Fsp3) is 0.300. The van der Waals surface area contributed by atoms with Crippen molar-refractivity contribution < 1.29 is 49.1 Å². The topological polar surface area (TPSA) is 245 Å². The van der Waals surface area contributed by atoms with E-state index in [9.17, 15) is 34.7 Å². The molecule has 3 unspecified atom stereocenters. The molecular weight excluding hydrogens is 590 g/mol. The number of nitrogens with zero attached hydrogens (tertiary/aromatic N) is 2. The van der Waals surface area contributed by atoms with Gasteiger partial charge in [0.25, 0.3) is 11.8 Å². The minimum Gasteiger partial charge on any atom is -0.466 e. The number of ether oxygens (including phenoxy) is 2. The van der Waals surface area contributed by atoms with Gasteiger partial charge in [-0.1, -0.05) is 30.3 Å². The molecule has 0 aliphatic carbocycles. The average Bonchev–Trinajstić information content (AvgIpc) is 3.07. The van der Waals surface area contributed by atoms with Gasteiger partial charge in [0.2, 0.25) is 0 Å². The van der Waals surface area contributed by atoms with Crippen molar-refractivity contribution in [3.05, 3.63) is 87.9 Å². The van der Waals surface area contributed by atoms with Crippen LogP contribution in [-0.2, 0) is 19.1 Å². The molecule has 3 rings (SSSR count). The summed E-state index contributed by atoms with van der Waals surface area (Å²) in [4.78, 5) is 54.0. The van der Waals surface area contributed by atoms with Crippen molar-refractivity contribution in [2.75, 3.05) is 45.4 Å². The first kappa shape index (κ1) is 34.2. The molecule has 15 nitrogen and oxygen atoms in total. The van der Waals surface area contributed by atoms with Crippen LogP contribution in [0.5, 0.6) is 0 Å². The predicted octanol–water partition coefficient (Wildman–Crippen LogP) is -1.25. The molecule has 8 N–H and O–H groups in total. The Kier molecular flexibility index (Phi) is 11.8. The maximum atomic E-state index is 13.4. The van der Waals surface area contributed by atoms with Crippen LogP contribution in [0.2, 0.25) is 0 Å². The van der Waals surface area contributed by atoms with Crippen LogP contribution in [0.15, 0.2) is 71.2 Å². The first-order chi connectivity index (χ1) is 21.5. The smallest absolute Gasteiger partial charge is 0.355 e. The Morgan fingerprint density at radius 3 is 1.87 bits per heavy atom. The minimum absolute atomic E-state index is 0.128. The molecule has 1 heterocycles. The highest BCUT2D eigenvalue weighted by molar-refractivity contribution is 6.07. The fourth-order valence-electron chi connectivity index (χ4n) is 4.54. The fourth-order valence-corrected chi connectivity index (χ4v) is 4.54. The number of carbonyl (C=O) groups excluding carboxylic acids is 4. The summed E-state index contributed by atoms with van der Waals surface area (Å²) in [6.45, 7) is -1.99. The van der Waals surface area contributed by atoms with Gasteiger partial charge in [0.1, 0.15) is 11.5 Å². The Bertz CT molecular complexity index is 1510. The van der Waals surface area contributed by atoms with Gasteiger partial charge in [0, 0.05) is 29.9 Å². The zero-order valence-corrected chi connectivity index (χ0v) is 24.4. The molecular formula is C30H33N5O10. The van der Waals surface area contributed by atoms with Crippen LogP contribution in [-0.4, -0.2) is 96.9 Å². The molecule has 0 saturated heterocycles. The van der Waals surface area contributed by atoms with Crippen LogP contribution in [0.4, 0.5) is 5.69 Å². The molecule has 1 aliphatic heterocycles. The third-order valence-electron chi connectivity index (χ3n) is 6.73. The number of hydrogen-bond donors (Lipinski definition) is 7. The highest BCUT2D eigenvalue weighted by Gasteiger charge is 2.43. The van der Waals surface area contributed by atoms with Crippen LogP contribution in [0.25, 0.3) is 0 Å². The molecule has 45 heavy (non-hydrogen) atoms. The first-order valence-corrected chi connectivity index (χ1v) is 13.5. The number of esters is 2. The lowest BCUT2D eigenvalue weighted by atomic mass is 9.81. The Labute approximate surface area is 257 Å². The number of aliphatic hydroxyl groups is 4. The molecule has 2 aromatic carbocycles. The maximum absolute atomic E-state index is 13.4. The number of methoxy groups -OCH3 is 2. The number of allylic oxidation sites excluding steroid dienone is 1. The van der Waals surface area contributed by atoms with Gasteiger partial charge in [-0.3, -0.25) is 14.5 Å². The van der Waals surface area contributed by atoms with Crippen molar-refractivity contribution in [1.82, 2.24) is 10.6 Å². The number of aliphatic hydroxyl groups excluding tert-OH is 4. The number of anilines is 1. The number of nitrogens with one attached hydrogen (secondary N) is 2. The molecule has 238 valence electrons. The molecule has 3 atom stereocenters. The molecule has 0 bridgehead atoms. The average molecular weight is 624 g/mol. The van der Waals surface area contributed by atoms with E-state index in [0.29, 0.717) is 5.56 Å². The molecule has 1 aliphatic rings. The molecule has 2 amide bonds. The quantitative estimate of drug-likeness (QED) is 0.137. The lowest BCUT2D eigenvalue weighted by Crippen LogP contribution is -2.41. The summed E-state index contributed by atoms with van der Waals surface area (Å²) in [5.41, 5.74) is 5.53. The second-order valence-corrected chi connectivity index (χ2v) is 9.70. The van der Waals surface area contributed by atoms with E-state index in [2.05, 4.69) is 10.6 Å². The second-order valence-electron chi connectivity index (χ2n) is 9.70. The van der Waals surface area contributed by atoms with Crippen molar-refractivity contribution in [2.24, 2.45) is 5.73 Å². The third-order valence-corrected chi connectivity index (χ3v) is 6.73. The molecule has 0 aromatic heterocycles. The predicted molar refractivity (Wildman–Crippen MR) is 157 cm³/mol. The second kappa shape index (κ2) is 15.5. The van der Waals surface area contributed by atoms with E-state index in [1.54, 1.807) is 30.3 Å². The first-order valence-electron chi connectivity index (χ1n) is 13.5. The summed E-state index contributed by atoms with van der Waals surface area (Å²) in [5.74, 6) is -5.16. The Balaban J connectivity index is 2.34. The van der Waals surface area contributed by atoms with Crippen molar-refractivity contribution in [3.63, 3.8) is 0 Å². The van der Waals surface area contributed by atoms with Crippen LogP contribution in [0, 0.1) is 11.3 Å². The van der Waals surface area contributed by atoms with E-state index < -0.39 is 60.8 Å². The van der Waals surface area contributed by atoms with Crippen LogP contribution >= 0.6 is 0 Å². The van der Waals surface area contributed by atoms with Gasteiger partial charge < -0.3 is 46.3 Å². The highest BCUT2D eigenvalue weighted by atomic mass is 16.5. The van der Waals surface area contributed by atoms with Crippen molar-refractivity contribution in [2.45, 2.75) is 18.1 Å². The van der Waals surface area contributed by atoms with Gasteiger partial charge in [-0.15, -0.1) is 0 Å². The van der Waals surface area contributed by atoms with Crippen LogP contribution in [0.1, 0.15) is 32.2 Å². The van der Waals surface area contributed by atoms with E-state index in [1.807, 2.05) is 6.07 Å². The number of rotatable bonds is 12. The van der Waals surface area contributed by atoms with Gasteiger partial charge in [-0.2, -0.15) is 5.26 Å². The van der Waals surface area contributed by atoms with Gasteiger partial charge in [-0.25, -0.2) is 9.59 Å². The number of nitrogens with two attached hydrogens (primary N) is 1. The molecule has 0 spiro atoms. The highest BCUT2D eigenvalue weighted by Crippen LogP contribution is 2.43. The number of carbonyl (C=O) groups is 4. The Hall–Kier alpha value is -5.27. The summed E-state index contributed by atoms with van der Waals surface area (Å²) in [7, 11) is 2.14. The number of hydrogen-bond acceptors (Lipinski definition) is 13. The summed E-state index contributed by atoms with van der Waals surface area (Å²) in [6, 6.07) is 13.9. The molecule has 0 radical (unpaired) electrons. The van der Waals surface area contributed by atoms with Gasteiger partial charge >= 0.3 is 11.9 Å². The Morgan fingerprint density at radius 2 is 1.42 bits per heavy atom. The largest absolute Gasteiger partial charge is 0.466 e. The SMILES string of the molecule is COC(=O)C1=C(C(=O)OC)N(c2cc(C(=O)NCC(O)CO)cc(C(=O)NCC(O)CO)c2)C(N)=C(C#N)C1c1ccccc1. The molecule has 0 saturated carbocycles. The van der Waals surface area contributed by atoms with E-state index in [1.165, 1.54) is 12.1 Å². The summed E-state index contributed by atoms with van der Waals surface area (Å²) < 4.78 is 10.0. The maximum Gasteiger partial charge on any atom is 0.355 e. The van der Waals surface area contributed by atoms with Crippen LogP contribution < -0.4 is 21.3 Å². The lowest BCUT2D eigenvalue weighted by molar-refractivity contribution is -0.139. The molecule has 0 fully saturated rings. The van der Waals surface area contributed by atoms with Crippen molar-refractivity contribution >= 4 is 29.4 Å². The van der Waals surface area contributed by atoms with E-state index in [4.69, 9.17) is 25.4 Å². The van der Waals surface area contributed by atoms with Crippen LogP contribution in [0.3, 0.4) is 0 Å². The van der Waals surface area contributed by atoms with Gasteiger partial charge in [-0.05, 0) is 23.8 Å². The molecule has 2 aromatic rings. The van der Waals surface area contributed by atoms with E-state index >= 15 is 0 Å². The standard InChI is InChI=1S/C30H33N5O10/c1-44-29(42)24-23(16-6-4-3-5-7-16)22(11-31)26(32)35(25(24)30(43)45-2)19-9-17(27(40)33-12-20(38)14-36)8-18(10-19)28(41)34-13-21(39)15-37/h3-10,20-21,23,36-39H,12-15,32H2,1-2H3,(H,33,40)(H,34,41). The summed E-state index contributed by atoms with van der Waals surface area (Å²) in [6.07, 6.45) is -2.57. The normalized spacial score (nSPS) is 15.9. The zero-order valence-electron chi connectivity index (χ0n) is 24.4. The van der Waals surface area contributed by atoms with Gasteiger partial charge in [0.15, 0.2) is 0 Å². The number of amides is 2. The van der Waals surface area contributed by atoms with Gasteiger partial charge in [0.05, 0.1) is 62.8 Å². The summed E-state index contributed by atoms with van der Waals surface area (Å²) in [5, 5.41) is 52.7. The third kappa shape index (κ3) is 7.63. The minimum atomic E-state index is -1.29. The van der Waals surface area contributed by atoms with E-state index in [0.717, 1.165) is 25.2 Å².